The molecule has 0 aliphatic carbocycles. The number of amides is 1. The van der Waals surface area contributed by atoms with Crippen LogP contribution in [0.3, 0.4) is 0 Å². The number of ketones is 1. The third-order valence-electron chi connectivity index (χ3n) is 3.63. The van der Waals surface area contributed by atoms with Crippen LogP contribution in [0.5, 0.6) is 0 Å². The molecule has 0 bridgehead atoms. The molecule has 0 aliphatic rings. The van der Waals surface area contributed by atoms with Gasteiger partial charge in [-0.05, 0) is 30.3 Å². The van der Waals surface area contributed by atoms with Crippen molar-refractivity contribution in [3.63, 3.8) is 0 Å². The van der Waals surface area contributed by atoms with E-state index < -0.39 is 11.7 Å². The summed E-state index contributed by atoms with van der Waals surface area (Å²) in [5, 5.41) is 6.96. The normalized spacial score (nSPS) is 11.1. The van der Waals surface area contributed by atoms with Crippen LogP contribution in [0, 0.1) is 5.82 Å². The molecule has 3 aromatic rings. The minimum atomic E-state index is -0.511. The first kappa shape index (κ1) is 18.6. The van der Waals surface area contributed by atoms with Gasteiger partial charge in [0.2, 0.25) is 5.91 Å². The molecule has 3 rings (SSSR count). The third kappa shape index (κ3) is 4.71. The van der Waals surface area contributed by atoms with Gasteiger partial charge in [-0.25, -0.2) is 4.39 Å². The van der Waals surface area contributed by atoms with Crippen molar-refractivity contribution in [3.05, 3.63) is 76.7 Å². The van der Waals surface area contributed by atoms with E-state index in [1.54, 1.807) is 29.1 Å². The zero-order valence-electron chi connectivity index (χ0n) is 14.3. The summed E-state index contributed by atoms with van der Waals surface area (Å²) in [4.78, 5) is 23.2. The second-order valence-electron chi connectivity index (χ2n) is 5.71. The van der Waals surface area contributed by atoms with Crippen molar-refractivity contribution in [2.45, 2.75) is 13.5 Å². The first-order chi connectivity index (χ1) is 12.9. The lowest BCUT2D eigenvalue weighted by Gasteiger charge is -2.00. The van der Waals surface area contributed by atoms with Gasteiger partial charge < -0.3 is 9.73 Å². The Labute approximate surface area is 159 Å². The summed E-state index contributed by atoms with van der Waals surface area (Å²) in [6.07, 6.45) is 5.57. The maximum Gasteiger partial charge on any atom is 0.248 e. The Hall–Kier alpha value is -3.19. The van der Waals surface area contributed by atoms with Crippen molar-refractivity contribution >= 4 is 35.1 Å². The quantitative estimate of drug-likeness (QED) is 0.508. The molecule has 0 fully saturated rings. The number of Topliss-reactive ketones (excluding diaryl/α,β-unsaturated/α-hetero) is 1. The average molecular weight is 388 g/mol. The second-order valence-corrected chi connectivity index (χ2v) is 6.11. The summed E-state index contributed by atoms with van der Waals surface area (Å²) >= 11 is 5.91. The Balaban J connectivity index is 1.62. The first-order valence-electron chi connectivity index (χ1n) is 7.97. The van der Waals surface area contributed by atoms with Crippen LogP contribution in [0.25, 0.3) is 6.08 Å². The van der Waals surface area contributed by atoms with Gasteiger partial charge in [-0.2, -0.15) is 5.10 Å². The fraction of sp³-hybridized carbons (Fsp3) is 0.105. The van der Waals surface area contributed by atoms with Crippen molar-refractivity contribution in [2.75, 3.05) is 5.32 Å². The number of furan rings is 1. The summed E-state index contributed by atoms with van der Waals surface area (Å²) in [7, 11) is 0. The van der Waals surface area contributed by atoms with Crippen LogP contribution in [-0.2, 0) is 11.3 Å². The summed E-state index contributed by atoms with van der Waals surface area (Å²) in [6.45, 7) is 1.73. The lowest BCUT2D eigenvalue weighted by Crippen LogP contribution is -2.07. The zero-order chi connectivity index (χ0) is 19.4. The van der Waals surface area contributed by atoms with E-state index in [1.807, 2.05) is 0 Å². The number of hydrogen-bond donors (Lipinski definition) is 1. The number of carbonyl (C=O) groups excluding carboxylic acids is 2. The van der Waals surface area contributed by atoms with Crippen LogP contribution >= 0.6 is 11.6 Å². The van der Waals surface area contributed by atoms with Gasteiger partial charge in [0, 0.05) is 24.8 Å². The highest BCUT2D eigenvalue weighted by molar-refractivity contribution is 6.32. The van der Waals surface area contributed by atoms with E-state index in [9.17, 15) is 14.0 Å². The largest absolute Gasteiger partial charge is 0.456 e. The van der Waals surface area contributed by atoms with E-state index in [0.717, 1.165) is 0 Å². The van der Waals surface area contributed by atoms with Crippen molar-refractivity contribution in [1.82, 2.24) is 9.78 Å². The number of nitrogens with one attached hydrogen (secondary N) is 1. The Morgan fingerprint density at radius 2 is 2.15 bits per heavy atom. The van der Waals surface area contributed by atoms with Crippen molar-refractivity contribution < 1.29 is 18.4 Å². The van der Waals surface area contributed by atoms with Crippen LogP contribution in [-0.4, -0.2) is 21.5 Å². The molecule has 8 heteroatoms. The Morgan fingerprint density at radius 3 is 2.85 bits per heavy atom. The van der Waals surface area contributed by atoms with Crippen LogP contribution in [0.15, 0.2) is 53.2 Å². The highest BCUT2D eigenvalue weighted by Crippen LogP contribution is 2.20. The van der Waals surface area contributed by atoms with Crippen LogP contribution in [0.2, 0.25) is 5.02 Å². The molecule has 1 N–H and O–H groups in total. The monoisotopic (exact) mass is 387 g/mol. The van der Waals surface area contributed by atoms with Gasteiger partial charge in [0.25, 0.3) is 0 Å². The molecule has 138 valence electrons. The summed E-state index contributed by atoms with van der Waals surface area (Å²) in [5.74, 6) is -0.275. The molecular formula is C19H15ClFN3O3. The van der Waals surface area contributed by atoms with E-state index in [0.29, 0.717) is 18.0 Å². The molecule has 0 saturated carbocycles. The molecule has 0 radical (unpaired) electrons. The molecule has 2 aromatic heterocycles. The predicted molar refractivity (Wildman–Crippen MR) is 99.1 cm³/mol. The Bertz CT molecular complexity index is 1000. The summed E-state index contributed by atoms with van der Waals surface area (Å²) in [5.41, 5.74) is 0.603. The topological polar surface area (TPSA) is 77.1 Å². The number of halogens is 2. The lowest BCUT2D eigenvalue weighted by molar-refractivity contribution is -0.111. The van der Waals surface area contributed by atoms with Crippen LogP contribution in [0.4, 0.5) is 10.1 Å². The molecular weight excluding hydrogens is 373 g/mol. The van der Waals surface area contributed by atoms with Gasteiger partial charge in [-0.3, -0.25) is 14.3 Å². The molecule has 1 aromatic carbocycles. The van der Waals surface area contributed by atoms with E-state index in [4.69, 9.17) is 16.0 Å². The molecule has 0 spiro atoms. The molecule has 0 saturated heterocycles. The van der Waals surface area contributed by atoms with Gasteiger partial charge >= 0.3 is 0 Å². The number of benzene rings is 1. The van der Waals surface area contributed by atoms with E-state index in [1.165, 1.54) is 37.4 Å². The third-order valence-corrected chi connectivity index (χ3v) is 3.96. The van der Waals surface area contributed by atoms with Gasteiger partial charge in [0.1, 0.15) is 11.6 Å². The maximum absolute atomic E-state index is 13.7. The number of carbonyl (C=O) groups is 2. The standard InChI is InChI=1S/C19H15ClFN3O3/c1-12(25)18-7-5-14(27-18)11-24-10-13(9-22-24)23-19(26)8-6-15-16(20)3-2-4-17(15)21/h2-10H,11H2,1H3,(H,23,26). The molecule has 6 nitrogen and oxygen atoms in total. The number of hydrogen-bond acceptors (Lipinski definition) is 4. The summed E-state index contributed by atoms with van der Waals surface area (Å²) in [6, 6.07) is 7.58. The first-order valence-corrected chi connectivity index (χ1v) is 8.35. The fourth-order valence-corrected chi connectivity index (χ4v) is 2.57. The molecule has 0 atom stereocenters. The average Bonchev–Trinajstić information content (AvgIpc) is 3.24. The van der Waals surface area contributed by atoms with Crippen LogP contribution in [0.1, 0.15) is 28.8 Å². The predicted octanol–water partition coefficient (Wildman–Crippen LogP) is 4.17. The van der Waals surface area contributed by atoms with E-state index in [-0.39, 0.29) is 22.1 Å². The molecule has 0 aliphatic heterocycles. The molecule has 27 heavy (non-hydrogen) atoms. The Morgan fingerprint density at radius 1 is 1.33 bits per heavy atom. The Kier molecular flexibility index (Phi) is 5.52. The molecule has 0 unspecified atom stereocenters. The number of aromatic nitrogens is 2. The minimum absolute atomic E-state index is 0.143. The van der Waals surface area contributed by atoms with Crippen molar-refractivity contribution in [1.29, 1.82) is 0 Å². The number of nitrogens with zero attached hydrogens (tertiary/aromatic N) is 2. The van der Waals surface area contributed by atoms with Gasteiger partial charge in [0.15, 0.2) is 11.5 Å². The SMILES string of the molecule is CC(=O)c1ccc(Cn2cc(NC(=O)C=Cc3c(F)cccc3Cl)cn2)o1. The second kappa shape index (κ2) is 8.01. The van der Waals surface area contributed by atoms with Crippen molar-refractivity contribution in [3.8, 4) is 0 Å². The minimum Gasteiger partial charge on any atom is -0.456 e. The fourth-order valence-electron chi connectivity index (χ4n) is 2.34. The van der Waals surface area contributed by atoms with Gasteiger partial charge in [0.05, 0.1) is 23.5 Å². The van der Waals surface area contributed by atoms with E-state index in [2.05, 4.69) is 10.4 Å². The highest BCUT2D eigenvalue weighted by Gasteiger charge is 2.09. The van der Waals surface area contributed by atoms with Crippen molar-refractivity contribution in [2.24, 2.45) is 0 Å². The number of anilines is 1. The molecule has 1 amide bonds. The van der Waals surface area contributed by atoms with Crippen LogP contribution < -0.4 is 5.32 Å². The lowest BCUT2D eigenvalue weighted by atomic mass is 10.2. The van der Waals surface area contributed by atoms with Gasteiger partial charge in [-0.15, -0.1) is 0 Å². The van der Waals surface area contributed by atoms with E-state index >= 15 is 0 Å². The summed E-state index contributed by atoms with van der Waals surface area (Å²) < 4.78 is 20.6. The zero-order valence-corrected chi connectivity index (χ0v) is 15.0. The smallest absolute Gasteiger partial charge is 0.248 e. The number of rotatable bonds is 6. The maximum atomic E-state index is 13.7. The van der Waals surface area contributed by atoms with Gasteiger partial charge in [-0.1, -0.05) is 17.7 Å². The highest BCUT2D eigenvalue weighted by atomic mass is 35.5. The molecule has 2 heterocycles.